The Morgan fingerprint density at radius 3 is 2.40 bits per heavy atom. The van der Waals surface area contributed by atoms with E-state index in [1.807, 2.05) is 0 Å². The Bertz CT molecular complexity index is 2680. The number of alkyl halides is 2. The van der Waals surface area contributed by atoms with Crippen molar-refractivity contribution < 1.29 is 37.4 Å². The number of aliphatic hydroxyl groups is 2. The fraction of sp³-hybridized carbons (Fsp3) is 0.442. The van der Waals surface area contributed by atoms with E-state index in [1.165, 1.54) is 85.7 Å². The van der Waals surface area contributed by atoms with Gasteiger partial charge in [0, 0.05) is 43.7 Å². The number of amides is 2. The Morgan fingerprint density at radius 2 is 1.69 bits per heavy atom. The predicted octanol–water partition coefficient (Wildman–Crippen LogP) is 6.46. The highest BCUT2D eigenvalue weighted by Gasteiger charge is 2.34. The zero-order valence-electron chi connectivity index (χ0n) is 36.6. The molecule has 65 heavy (non-hydrogen) atoms. The lowest BCUT2D eigenvalue weighted by molar-refractivity contribution is -0.00275. The number of hydrogen-bond donors (Lipinski definition) is 7. The maximum atomic E-state index is 17.2. The van der Waals surface area contributed by atoms with E-state index in [-0.39, 0.29) is 68.1 Å². The summed E-state index contributed by atoms with van der Waals surface area (Å²) in [6.45, 7) is 5.79. The van der Waals surface area contributed by atoms with Crippen LogP contribution < -0.4 is 31.5 Å². The maximum absolute atomic E-state index is 17.2. The lowest BCUT2D eigenvalue weighted by Crippen LogP contribution is -2.43. The van der Waals surface area contributed by atoms with E-state index in [4.69, 9.17) is 0 Å². The van der Waals surface area contributed by atoms with Crippen LogP contribution in [0, 0.1) is 17.6 Å². The summed E-state index contributed by atoms with van der Waals surface area (Å²) in [7, 11) is 1.52. The minimum absolute atomic E-state index is 0.0104. The van der Waals surface area contributed by atoms with Crippen LogP contribution in [0.25, 0.3) is 15.9 Å². The van der Waals surface area contributed by atoms with Crippen molar-refractivity contribution in [3.63, 3.8) is 0 Å². The molecule has 22 heteroatoms. The van der Waals surface area contributed by atoms with Gasteiger partial charge in [0.2, 0.25) is 0 Å². The average molecular weight is 922 g/mol. The quantitative estimate of drug-likeness (QED) is 0.0489. The Balaban J connectivity index is 1.17. The summed E-state index contributed by atoms with van der Waals surface area (Å²) in [6, 6.07) is 4.14. The Hall–Kier alpha value is -6.26. The van der Waals surface area contributed by atoms with Crippen molar-refractivity contribution >= 4 is 73.7 Å². The molecular weight excluding hydrogens is 871 g/mol. The SMILES string of the molecule is CNc1cc(N(CC(C)(F)CNc2cc(Nc3ncc4ncsc4c3F)ncc2C(=O)NC2CCC(C(C)(C)O)CC2)c2nc3ccnn3cc2F)ncc1C(=O)NCC(F)C(C)(C)O. The van der Waals surface area contributed by atoms with Crippen molar-refractivity contribution in [1.82, 2.24) is 45.2 Å². The van der Waals surface area contributed by atoms with Crippen LogP contribution in [0.4, 0.5) is 52.2 Å². The summed E-state index contributed by atoms with van der Waals surface area (Å²) in [5, 5.41) is 38.8. The summed E-state index contributed by atoms with van der Waals surface area (Å²) in [5.74, 6) is -3.07. The zero-order chi connectivity index (χ0) is 46.8. The molecule has 0 aromatic carbocycles. The summed E-state index contributed by atoms with van der Waals surface area (Å²) in [6.07, 6.45) is 7.24. The normalized spacial score (nSPS) is 17.0. The van der Waals surface area contributed by atoms with E-state index in [1.54, 1.807) is 13.8 Å². The van der Waals surface area contributed by atoms with Gasteiger partial charge in [-0.1, -0.05) is 0 Å². The smallest absolute Gasteiger partial charge is 0.255 e. The number of hydrogen-bond acceptors (Lipinski definition) is 15. The summed E-state index contributed by atoms with van der Waals surface area (Å²) in [4.78, 5) is 49.7. The average Bonchev–Trinajstić information content (AvgIpc) is 3.94. The number of thiazole rings is 1. The number of pyridine rings is 3. The van der Waals surface area contributed by atoms with Crippen LogP contribution in [0.5, 0.6) is 0 Å². The molecule has 6 heterocycles. The molecule has 2 unspecified atom stereocenters. The Labute approximate surface area is 375 Å². The second kappa shape index (κ2) is 18.7. The second-order valence-electron chi connectivity index (χ2n) is 17.5. The lowest BCUT2D eigenvalue weighted by Gasteiger charge is -2.36. The number of nitrogens with one attached hydrogen (secondary N) is 5. The van der Waals surface area contributed by atoms with Crippen molar-refractivity contribution in [2.45, 2.75) is 89.4 Å². The number of carbonyl (C=O) groups excluding carboxylic acids is 2. The van der Waals surface area contributed by atoms with Gasteiger partial charge in [0.05, 0.1) is 82.1 Å². The van der Waals surface area contributed by atoms with Crippen LogP contribution in [0.15, 0.2) is 54.7 Å². The first-order valence-electron chi connectivity index (χ1n) is 20.9. The predicted molar refractivity (Wildman–Crippen MR) is 240 cm³/mol. The molecule has 0 spiro atoms. The molecule has 1 aliphatic carbocycles. The third-order valence-corrected chi connectivity index (χ3v) is 12.2. The molecule has 17 nitrogen and oxygen atoms in total. The minimum atomic E-state index is -2.27. The van der Waals surface area contributed by atoms with E-state index in [0.29, 0.717) is 31.2 Å². The van der Waals surface area contributed by atoms with Crippen LogP contribution in [0.1, 0.15) is 81.0 Å². The first-order valence-corrected chi connectivity index (χ1v) is 21.8. The summed E-state index contributed by atoms with van der Waals surface area (Å²) >= 11 is 1.10. The molecule has 1 fully saturated rings. The number of carbonyl (C=O) groups is 2. The van der Waals surface area contributed by atoms with E-state index in [0.717, 1.165) is 17.5 Å². The lowest BCUT2D eigenvalue weighted by atomic mass is 9.77. The molecule has 6 aromatic heterocycles. The number of nitrogens with zero attached hydrogens (tertiary/aromatic N) is 8. The molecule has 1 aliphatic rings. The van der Waals surface area contributed by atoms with Crippen molar-refractivity contribution in [1.29, 1.82) is 0 Å². The fourth-order valence-corrected chi connectivity index (χ4v) is 8.21. The number of fused-ring (bicyclic) bond motifs is 2. The second-order valence-corrected chi connectivity index (χ2v) is 18.3. The van der Waals surface area contributed by atoms with E-state index in [9.17, 15) is 24.2 Å². The third-order valence-electron chi connectivity index (χ3n) is 11.4. The molecule has 346 valence electrons. The van der Waals surface area contributed by atoms with Crippen molar-refractivity contribution in [3.8, 4) is 0 Å². The maximum Gasteiger partial charge on any atom is 0.255 e. The molecule has 1 saturated carbocycles. The Morgan fingerprint density at radius 1 is 0.969 bits per heavy atom. The Kier molecular flexibility index (Phi) is 13.4. The molecule has 0 saturated heterocycles. The summed E-state index contributed by atoms with van der Waals surface area (Å²) in [5.41, 5.74) is -2.35. The number of anilines is 6. The van der Waals surface area contributed by atoms with Gasteiger partial charge in [0.15, 0.2) is 28.9 Å². The highest BCUT2D eigenvalue weighted by atomic mass is 32.1. The van der Waals surface area contributed by atoms with Crippen LogP contribution >= 0.6 is 11.3 Å². The van der Waals surface area contributed by atoms with Gasteiger partial charge in [-0.15, -0.1) is 11.3 Å². The molecule has 7 N–H and O–H groups in total. The van der Waals surface area contributed by atoms with E-state index < -0.39 is 66.1 Å². The number of aromatic nitrogens is 7. The monoisotopic (exact) mass is 921 g/mol. The molecular formula is C43H51F4N13O4S. The fourth-order valence-electron chi connectivity index (χ4n) is 7.52. The van der Waals surface area contributed by atoms with Gasteiger partial charge < -0.3 is 41.7 Å². The molecule has 0 radical (unpaired) electrons. The highest BCUT2D eigenvalue weighted by Crippen LogP contribution is 2.35. The van der Waals surface area contributed by atoms with Crippen molar-refractivity contribution in [2.75, 3.05) is 47.5 Å². The van der Waals surface area contributed by atoms with E-state index >= 15 is 13.2 Å². The molecule has 6 aromatic rings. The van der Waals surface area contributed by atoms with Gasteiger partial charge in [0.1, 0.15) is 29.0 Å². The van der Waals surface area contributed by atoms with Gasteiger partial charge in [-0.3, -0.25) is 9.59 Å². The molecule has 2 atom stereocenters. The standard InChI is InChI=1S/C43H51F4N13O4S/c1-41(2,63)23-7-9-24(10-8-23)56-40(62)26-15-49-32(57-37-35(46)36-30(17-51-37)54-22-65-36)13-29(26)53-20-43(5,47)21-59(38-27(44)19-60-33(58-38)11-12-55-60)34-14-28(48-6)25(16-50-34)39(61)52-18-31(45)42(3,4)64/h11-17,19,22-24,31,63-64H,7-10,18,20-21H2,1-6H3,(H,48,50)(H,52,61)(H,56,62)(H2,49,51,53,57). The molecule has 0 bridgehead atoms. The molecule has 7 rings (SSSR count). The molecule has 2 amide bonds. The van der Waals surface area contributed by atoms with E-state index in [2.05, 4.69) is 56.6 Å². The first-order chi connectivity index (χ1) is 30.7. The van der Waals surface area contributed by atoms with Gasteiger partial charge >= 0.3 is 0 Å². The van der Waals surface area contributed by atoms with Crippen molar-refractivity contribution in [3.05, 3.63) is 77.5 Å². The van der Waals surface area contributed by atoms with Crippen molar-refractivity contribution in [2.24, 2.45) is 5.92 Å². The topological polar surface area (TPSA) is 220 Å². The van der Waals surface area contributed by atoms with Gasteiger partial charge in [0.25, 0.3) is 11.8 Å². The zero-order valence-corrected chi connectivity index (χ0v) is 37.4. The molecule has 0 aliphatic heterocycles. The summed E-state index contributed by atoms with van der Waals surface area (Å²) < 4.78 is 64.7. The van der Waals surface area contributed by atoms with Crippen LogP contribution in [0.2, 0.25) is 0 Å². The highest BCUT2D eigenvalue weighted by molar-refractivity contribution is 7.16. The third kappa shape index (κ3) is 10.8. The number of rotatable bonds is 17. The van der Waals surface area contributed by atoms with Gasteiger partial charge in [-0.05, 0) is 66.2 Å². The number of halogens is 4. The van der Waals surface area contributed by atoms with Crippen LogP contribution in [-0.2, 0) is 0 Å². The van der Waals surface area contributed by atoms with Crippen LogP contribution in [0.3, 0.4) is 0 Å². The first kappa shape index (κ1) is 46.7. The minimum Gasteiger partial charge on any atom is -0.390 e. The van der Waals surface area contributed by atoms with Gasteiger partial charge in [-0.2, -0.15) is 5.10 Å². The van der Waals surface area contributed by atoms with Gasteiger partial charge in [-0.25, -0.2) is 47.0 Å². The largest absolute Gasteiger partial charge is 0.390 e. The van der Waals surface area contributed by atoms with Crippen LogP contribution in [-0.4, -0.2) is 112 Å².